The van der Waals surface area contributed by atoms with Crippen molar-refractivity contribution >= 4 is 39.3 Å². The van der Waals surface area contributed by atoms with Gasteiger partial charge >= 0.3 is 0 Å². The van der Waals surface area contributed by atoms with Gasteiger partial charge in [-0.1, -0.05) is 24.3 Å². The molecule has 0 radical (unpaired) electrons. The molecule has 0 spiro atoms. The van der Waals surface area contributed by atoms with E-state index in [-0.39, 0.29) is 0 Å². The van der Waals surface area contributed by atoms with Gasteiger partial charge in [-0.3, -0.25) is 0 Å². The Kier molecular flexibility index (Phi) is 3.36. The average Bonchev–Trinajstić information content (AvgIpc) is 3.29. The number of azo groups is 1. The number of para-hydroxylation sites is 4. The maximum absolute atomic E-state index is 4.70. The molecule has 7 nitrogen and oxygen atoms in total. The quantitative estimate of drug-likeness (QED) is 0.430. The maximum atomic E-state index is 4.70. The second kappa shape index (κ2) is 5.77. The Labute approximate surface area is 155 Å². The number of rotatable bonds is 3. The summed E-state index contributed by atoms with van der Waals surface area (Å²) in [6.07, 6.45) is 0. The lowest BCUT2D eigenvalue weighted by atomic mass is 10.3. The van der Waals surface area contributed by atoms with Crippen molar-refractivity contribution < 1.29 is 0 Å². The smallest absolute Gasteiger partial charge is 0.250 e. The van der Waals surface area contributed by atoms with Gasteiger partial charge in [0.05, 0.1) is 27.8 Å². The van der Waals surface area contributed by atoms with Gasteiger partial charge in [0.2, 0.25) is 5.95 Å². The van der Waals surface area contributed by atoms with Crippen LogP contribution in [0, 0.1) is 6.92 Å². The molecule has 27 heavy (non-hydrogen) atoms. The summed E-state index contributed by atoms with van der Waals surface area (Å²) in [5, 5.41) is 13.7. The zero-order valence-electron chi connectivity index (χ0n) is 15.5. The summed E-state index contributed by atoms with van der Waals surface area (Å²) in [5.41, 5.74) is 6.74. The molecule has 0 fully saturated rings. The lowest BCUT2D eigenvalue weighted by Gasteiger charge is -2.01. The third kappa shape index (κ3) is 2.21. The number of benzene rings is 2. The van der Waals surface area contributed by atoms with Crippen LogP contribution in [0.25, 0.3) is 27.7 Å². The predicted molar refractivity (Wildman–Crippen MR) is 106 cm³/mol. The Balaban J connectivity index is 1.71. The molecule has 3 aromatic heterocycles. The van der Waals surface area contributed by atoms with Crippen molar-refractivity contribution in [2.45, 2.75) is 20.4 Å². The van der Waals surface area contributed by atoms with Crippen molar-refractivity contribution in [1.29, 1.82) is 0 Å². The highest BCUT2D eigenvalue weighted by Crippen LogP contribution is 2.32. The molecule has 0 saturated heterocycles. The fourth-order valence-corrected chi connectivity index (χ4v) is 3.66. The van der Waals surface area contributed by atoms with Crippen molar-refractivity contribution in [3.8, 4) is 0 Å². The molecule has 0 aliphatic rings. The fraction of sp³-hybridized carbons (Fsp3) is 0.200. The minimum atomic E-state index is 0.578. The van der Waals surface area contributed by atoms with E-state index in [1.807, 2.05) is 59.5 Å². The first kappa shape index (κ1) is 15.7. The van der Waals surface area contributed by atoms with E-state index in [0.29, 0.717) is 5.95 Å². The number of aryl methyl sites for hydroxylation is 3. The number of hydrogen-bond acceptors (Lipinski definition) is 4. The molecule has 0 N–H and O–H groups in total. The molecule has 2 aromatic carbocycles. The molecule has 5 aromatic rings. The van der Waals surface area contributed by atoms with E-state index < -0.39 is 0 Å². The van der Waals surface area contributed by atoms with Gasteiger partial charge in [0, 0.05) is 13.6 Å². The normalized spacial score (nSPS) is 12.3. The Morgan fingerprint density at radius 3 is 2.37 bits per heavy atom. The van der Waals surface area contributed by atoms with Crippen LogP contribution in [-0.2, 0) is 13.6 Å². The number of imidazole rings is 2. The molecule has 0 amide bonds. The van der Waals surface area contributed by atoms with E-state index in [4.69, 9.17) is 5.10 Å². The van der Waals surface area contributed by atoms with Crippen LogP contribution in [0.1, 0.15) is 12.6 Å². The lowest BCUT2D eigenvalue weighted by molar-refractivity contribution is 0.810. The summed E-state index contributed by atoms with van der Waals surface area (Å²) in [6, 6.07) is 16.2. The first-order valence-corrected chi connectivity index (χ1v) is 8.98. The van der Waals surface area contributed by atoms with Crippen molar-refractivity contribution in [3.05, 3.63) is 54.2 Å². The Morgan fingerprint density at radius 1 is 0.926 bits per heavy atom. The zero-order valence-corrected chi connectivity index (χ0v) is 15.5. The average molecular weight is 357 g/mol. The molecule has 0 aliphatic heterocycles. The molecule has 0 saturated carbocycles. The highest BCUT2D eigenvalue weighted by atomic mass is 15.3. The van der Waals surface area contributed by atoms with Crippen LogP contribution in [0.15, 0.2) is 58.8 Å². The van der Waals surface area contributed by atoms with Crippen LogP contribution in [0.4, 0.5) is 11.6 Å². The summed E-state index contributed by atoms with van der Waals surface area (Å²) in [6.45, 7) is 4.92. The standard InChI is InChI=1S/C20H19N7/c1-4-26-16-11-7-8-12-17(16)27-19(26)18(13(2)24-27)22-23-20-21-14-9-5-6-10-15(14)25(20)3/h5-12H,4H2,1-3H3. The van der Waals surface area contributed by atoms with Gasteiger partial charge in [-0.2, -0.15) is 5.10 Å². The van der Waals surface area contributed by atoms with Crippen molar-refractivity contribution in [3.63, 3.8) is 0 Å². The van der Waals surface area contributed by atoms with Crippen LogP contribution < -0.4 is 0 Å². The van der Waals surface area contributed by atoms with Crippen LogP contribution in [0.5, 0.6) is 0 Å². The third-order valence-electron chi connectivity index (χ3n) is 4.98. The number of fused-ring (bicyclic) bond motifs is 4. The van der Waals surface area contributed by atoms with Crippen LogP contribution in [0.3, 0.4) is 0 Å². The van der Waals surface area contributed by atoms with Crippen molar-refractivity contribution in [2.24, 2.45) is 17.3 Å². The summed E-state index contributed by atoms with van der Waals surface area (Å²) in [7, 11) is 1.95. The van der Waals surface area contributed by atoms with E-state index in [1.54, 1.807) is 0 Å². The molecule has 0 unspecified atom stereocenters. The monoisotopic (exact) mass is 357 g/mol. The lowest BCUT2D eigenvalue weighted by Crippen LogP contribution is -1.93. The topological polar surface area (TPSA) is 64.8 Å². The predicted octanol–water partition coefficient (Wildman–Crippen LogP) is 4.92. The van der Waals surface area contributed by atoms with E-state index >= 15 is 0 Å². The van der Waals surface area contributed by atoms with E-state index in [2.05, 4.69) is 38.8 Å². The zero-order chi connectivity index (χ0) is 18.5. The van der Waals surface area contributed by atoms with Crippen molar-refractivity contribution in [2.75, 3.05) is 0 Å². The number of hydrogen-bond donors (Lipinski definition) is 0. The van der Waals surface area contributed by atoms with Gasteiger partial charge in [0.1, 0.15) is 0 Å². The summed E-state index contributed by atoms with van der Waals surface area (Å²) in [4.78, 5) is 4.58. The molecule has 134 valence electrons. The molecule has 0 atom stereocenters. The van der Waals surface area contributed by atoms with Gasteiger partial charge in [0.15, 0.2) is 11.3 Å². The minimum absolute atomic E-state index is 0.578. The van der Waals surface area contributed by atoms with Gasteiger partial charge in [-0.25, -0.2) is 9.50 Å². The van der Waals surface area contributed by atoms with Gasteiger partial charge < -0.3 is 9.13 Å². The van der Waals surface area contributed by atoms with E-state index in [9.17, 15) is 0 Å². The number of nitrogens with zero attached hydrogens (tertiary/aromatic N) is 7. The van der Waals surface area contributed by atoms with Gasteiger partial charge in [0.25, 0.3) is 0 Å². The SMILES string of the molecule is CCn1c2ccccc2n2nc(C)c(N=Nc3nc4ccccc4n3C)c12. The summed E-state index contributed by atoms with van der Waals surface area (Å²) in [5.74, 6) is 0.578. The number of aromatic nitrogens is 5. The Hall–Kier alpha value is -3.48. The van der Waals surface area contributed by atoms with Gasteiger partial charge in [-0.05, 0) is 38.1 Å². The summed E-state index contributed by atoms with van der Waals surface area (Å²) < 4.78 is 6.13. The molecule has 5 rings (SSSR count). The van der Waals surface area contributed by atoms with Crippen LogP contribution in [-0.4, -0.2) is 23.7 Å². The molecule has 3 heterocycles. The van der Waals surface area contributed by atoms with E-state index in [0.717, 1.165) is 45.6 Å². The minimum Gasteiger partial charge on any atom is -0.323 e. The van der Waals surface area contributed by atoms with Crippen LogP contribution >= 0.6 is 0 Å². The molecule has 0 aliphatic carbocycles. The largest absolute Gasteiger partial charge is 0.323 e. The second-order valence-electron chi connectivity index (χ2n) is 6.56. The first-order chi connectivity index (χ1) is 13.2. The van der Waals surface area contributed by atoms with Crippen molar-refractivity contribution in [1.82, 2.24) is 23.7 Å². The maximum Gasteiger partial charge on any atom is 0.250 e. The Morgan fingerprint density at radius 2 is 1.63 bits per heavy atom. The highest BCUT2D eigenvalue weighted by molar-refractivity contribution is 5.86. The second-order valence-corrected chi connectivity index (χ2v) is 6.56. The van der Waals surface area contributed by atoms with Gasteiger partial charge in [-0.15, -0.1) is 10.2 Å². The summed E-state index contributed by atoms with van der Waals surface area (Å²) >= 11 is 0. The fourth-order valence-electron chi connectivity index (χ4n) is 3.66. The molecular formula is C20H19N7. The third-order valence-corrected chi connectivity index (χ3v) is 4.98. The Bertz CT molecular complexity index is 1330. The first-order valence-electron chi connectivity index (χ1n) is 8.98. The molecule has 7 heteroatoms. The van der Waals surface area contributed by atoms with Crippen LogP contribution in [0.2, 0.25) is 0 Å². The highest BCUT2D eigenvalue weighted by Gasteiger charge is 2.18. The molecule has 0 bridgehead atoms. The molecular weight excluding hydrogens is 338 g/mol. The van der Waals surface area contributed by atoms with E-state index in [1.165, 1.54) is 0 Å².